The first kappa shape index (κ1) is 15.5. The molecule has 0 bridgehead atoms. The van der Waals surface area contributed by atoms with Crippen LogP contribution in [-0.2, 0) is 16.0 Å². The highest BCUT2D eigenvalue weighted by Crippen LogP contribution is 2.31. The van der Waals surface area contributed by atoms with Crippen molar-refractivity contribution in [2.45, 2.75) is 38.6 Å². The Balaban J connectivity index is 1.86. The molecule has 5 heteroatoms. The largest absolute Gasteiger partial charge is 0.481 e. The summed E-state index contributed by atoms with van der Waals surface area (Å²) in [7, 11) is 0. The van der Waals surface area contributed by atoms with E-state index in [-0.39, 0.29) is 23.7 Å². The van der Waals surface area contributed by atoms with Gasteiger partial charge in [-0.2, -0.15) is 0 Å². The van der Waals surface area contributed by atoms with E-state index in [0.29, 0.717) is 31.2 Å². The molecule has 0 saturated heterocycles. The van der Waals surface area contributed by atoms with Crippen LogP contribution >= 0.6 is 0 Å². The summed E-state index contributed by atoms with van der Waals surface area (Å²) in [4.78, 5) is 23.0. The van der Waals surface area contributed by atoms with Crippen LogP contribution < -0.4 is 5.32 Å². The van der Waals surface area contributed by atoms with Crippen LogP contribution in [-0.4, -0.2) is 23.0 Å². The first-order valence-corrected chi connectivity index (χ1v) is 7.24. The summed E-state index contributed by atoms with van der Waals surface area (Å²) in [5.41, 5.74) is 0.570. The molecule has 1 aliphatic carbocycles. The van der Waals surface area contributed by atoms with Crippen molar-refractivity contribution in [3.63, 3.8) is 0 Å². The van der Waals surface area contributed by atoms with Crippen molar-refractivity contribution < 1.29 is 19.1 Å². The number of carboxylic acid groups (broad SMARTS) is 1. The van der Waals surface area contributed by atoms with Crippen LogP contribution in [0.15, 0.2) is 24.3 Å². The number of aliphatic carboxylic acids is 1. The van der Waals surface area contributed by atoms with Gasteiger partial charge in [0.15, 0.2) is 0 Å². The number of hydrogen-bond acceptors (Lipinski definition) is 2. The van der Waals surface area contributed by atoms with Crippen molar-refractivity contribution in [2.75, 3.05) is 0 Å². The molecular formula is C16H20FNO3. The fourth-order valence-electron chi connectivity index (χ4n) is 2.85. The van der Waals surface area contributed by atoms with Gasteiger partial charge in [0, 0.05) is 12.0 Å². The van der Waals surface area contributed by atoms with Gasteiger partial charge >= 0.3 is 5.97 Å². The zero-order valence-electron chi connectivity index (χ0n) is 12.0. The molecule has 0 aromatic heterocycles. The molecule has 114 valence electrons. The average molecular weight is 293 g/mol. The Bertz CT molecular complexity index is 532. The van der Waals surface area contributed by atoms with Gasteiger partial charge in [-0.25, -0.2) is 4.39 Å². The summed E-state index contributed by atoms with van der Waals surface area (Å²) in [6, 6.07) is 6.32. The molecule has 4 nitrogen and oxygen atoms in total. The van der Waals surface area contributed by atoms with Crippen molar-refractivity contribution in [1.29, 1.82) is 0 Å². The van der Waals surface area contributed by atoms with Crippen LogP contribution in [0.4, 0.5) is 4.39 Å². The van der Waals surface area contributed by atoms with Crippen molar-refractivity contribution >= 4 is 11.9 Å². The molecule has 2 rings (SSSR count). The Kier molecular flexibility index (Phi) is 4.94. The number of amides is 1. The lowest BCUT2D eigenvalue weighted by Crippen LogP contribution is -2.38. The lowest BCUT2D eigenvalue weighted by molar-refractivity contribution is -0.141. The standard InChI is InChI=1S/C16H20FNO3/c1-10(8-11-4-2-3-5-14(11)17)18-15(19)12-6-7-13(9-12)16(20)21/h2-5,10,12-13H,6-9H2,1H3,(H,18,19)(H,20,21)/t10?,12-,13+/m1/s1. The van der Waals surface area contributed by atoms with Gasteiger partial charge in [-0.05, 0) is 44.2 Å². The van der Waals surface area contributed by atoms with Gasteiger partial charge in [-0.1, -0.05) is 18.2 Å². The first-order valence-electron chi connectivity index (χ1n) is 7.24. The number of nitrogens with one attached hydrogen (secondary N) is 1. The van der Waals surface area contributed by atoms with Gasteiger partial charge in [0.1, 0.15) is 5.82 Å². The molecule has 1 saturated carbocycles. The maximum absolute atomic E-state index is 13.6. The number of carbonyl (C=O) groups excluding carboxylic acids is 1. The highest BCUT2D eigenvalue weighted by Gasteiger charge is 2.34. The molecule has 2 N–H and O–H groups in total. The van der Waals surface area contributed by atoms with E-state index in [0.717, 1.165) is 0 Å². The number of carboxylic acids is 1. The molecule has 1 aromatic rings. The molecule has 0 radical (unpaired) electrons. The van der Waals surface area contributed by atoms with Crippen molar-refractivity contribution in [2.24, 2.45) is 11.8 Å². The van der Waals surface area contributed by atoms with Crippen molar-refractivity contribution in [3.8, 4) is 0 Å². The number of carbonyl (C=O) groups is 2. The number of rotatable bonds is 5. The second-order valence-electron chi connectivity index (χ2n) is 5.75. The summed E-state index contributed by atoms with van der Waals surface area (Å²) < 4.78 is 13.6. The van der Waals surface area contributed by atoms with E-state index < -0.39 is 11.9 Å². The molecule has 21 heavy (non-hydrogen) atoms. The predicted molar refractivity (Wildman–Crippen MR) is 76.2 cm³/mol. The number of hydrogen-bond donors (Lipinski definition) is 2. The third-order valence-corrected chi connectivity index (χ3v) is 4.03. The molecule has 0 heterocycles. The van der Waals surface area contributed by atoms with Crippen molar-refractivity contribution in [1.82, 2.24) is 5.32 Å². The van der Waals surface area contributed by atoms with E-state index in [9.17, 15) is 14.0 Å². The van der Waals surface area contributed by atoms with Crippen LogP contribution in [0, 0.1) is 17.7 Å². The Labute approximate surface area is 123 Å². The minimum Gasteiger partial charge on any atom is -0.481 e. The second kappa shape index (κ2) is 6.70. The van der Waals surface area contributed by atoms with Crippen LogP contribution in [0.2, 0.25) is 0 Å². The molecule has 0 aliphatic heterocycles. The Morgan fingerprint density at radius 3 is 2.62 bits per heavy atom. The van der Waals surface area contributed by atoms with Crippen LogP contribution in [0.3, 0.4) is 0 Å². The normalized spacial score (nSPS) is 22.8. The minimum absolute atomic E-state index is 0.123. The van der Waals surface area contributed by atoms with Gasteiger partial charge in [0.25, 0.3) is 0 Å². The predicted octanol–water partition coefficient (Wildman–Crippen LogP) is 2.37. The van der Waals surface area contributed by atoms with Crippen LogP contribution in [0.25, 0.3) is 0 Å². The van der Waals surface area contributed by atoms with E-state index in [1.54, 1.807) is 18.2 Å². The van der Waals surface area contributed by atoms with E-state index in [2.05, 4.69) is 5.32 Å². The van der Waals surface area contributed by atoms with Gasteiger partial charge in [-0.15, -0.1) is 0 Å². The molecule has 1 amide bonds. The lowest BCUT2D eigenvalue weighted by atomic mass is 10.0. The molecule has 1 aromatic carbocycles. The Morgan fingerprint density at radius 2 is 2.00 bits per heavy atom. The minimum atomic E-state index is -0.829. The van der Waals surface area contributed by atoms with Gasteiger partial charge in [0.05, 0.1) is 5.92 Å². The van der Waals surface area contributed by atoms with Gasteiger partial charge < -0.3 is 10.4 Å². The molecule has 1 aliphatic rings. The maximum atomic E-state index is 13.6. The molecule has 0 spiro atoms. The van der Waals surface area contributed by atoms with Gasteiger partial charge in [0.2, 0.25) is 5.91 Å². The van der Waals surface area contributed by atoms with Crippen molar-refractivity contribution in [3.05, 3.63) is 35.6 Å². The lowest BCUT2D eigenvalue weighted by Gasteiger charge is -2.17. The third-order valence-electron chi connectivity index (χ3n) is 4.03. The average Bonchev–Trinajstić information content (AvgIpc) is 2.91. The summed E-state index contributed by atoms with van der Waals surface area (Å²) >= 11 is 0. The smallest absolute Gasteiger partial charge is 0.306 e. The fraction of sp³-hybridized carbons (Fsp3) is 0.500. The zero-order valence-corrected chi connectivity index (χ0v) is 12.0. The first-order chi connectivity index (χ1) is 9.97. The molecule has 3 atom stereocenters. The van der Waals surface area contributed by atoms with E-state index >= 15 is 0 Å². The van der Waals surface area contributed by atoms with E-state index in [1.807, 2.05) is 6.92 Å². The topological polar surface area (TPSA) is 66.4 Å². The van der Waals surface area contributed by atoms with E-state index in [1.165, 1.54) is 6.07 Å². The molecule has 1 fully saturated rings. The monoisotopic (exact) mass is 293 g/mol. The number of halogens is 1. The van der Waals surface area contributed by atoms with Crippen LogP contribution in [0.1, 0.15) is 31.7 Å². The van der Waals surface area contributed by atoms with E-state index in [4.69, 9.17) is 5.11 Å². The molecular weight excluding hydrogens is 273 g/mol. The second-order valence-corrected chi connectivity index (χ2v) is 5.75. The fourth-order valence-corrected chi connectivity index (χ4v) is 2.85. The zero-order chi connectivity index (χ0) is 15.4. The summed E-state index contributed by atoms with van der Waals surface area (Å²) in [6.45, 7) is 1.83. The summed E-state index contributed by atoms with van der Waals surface area (Å²) in [5, 5.41) is 11.8. The summed E-state index contributed by atoms with van der Waals surface area (Å²) in [6.07, 6.45) is 1.98. The SMILES string of the molecule is CC(Cc1ccccc1F)NC(=O)[C@@H]1CC[C@H](C(=O)O)C1. The Hall–Kier alpha value is -1.91. The maximum Gasteiger partial charge on any atom is 0.306 e. The third kappa shape index (κ3) is 4.03. The molecule has 1 unspecified atom stereocenters. The van der Waals surface area contributed by atoms with Crippen LogP contribution in [0.5, 0.6) is 0 Å². The summed E-state index contributed by atoms with van der Waals surface area (Å²) in [5.74, 6) is -1.88. The Morgan fingerprint density at radius 1 is 1.33 bits per heavy atom. The number of benzene rings is 1. The van der Waals surface area contributed by atoms with Gasteiger partial charge in [-0.3, -0.25) is 9.59 Å². The quantitative estimate of drug-likeness (QED) is 0.876. The highest BCUT2D eigenvalue weighted by atomic mass is 19.1. The highest BCUT2D eigenvalue weighted by molar-refractivity contribution is 5.81.